The topological polar surface area (TPSA) is 805 Å². The Morgan fingerprint density at radius 1 is 0.385 bits per heavy atom. The SMILES string of the molecule is CC[C@H](C)[C@@H]1NC(=O)[C@H](Cc2ccc(O)cc2)NC(=O)CCSSC[C@@H](C(=O)N2CCC[C@H]2C(=O)N[C@@H](CCCCNC(=O)CCCCCCC(=O)NCCCC[C@H](NC(=O)[C@@H]2CCCN2C(=O)[C@@H]2CSSCCC(=O)N[C@@H](Cc3ccc(O)cc3)C(=O)N[C@@H]([C@@H](C)CC)C(=O)N[C@@H](CCC(N)=O)C(=O)N[C@@H](CC(N)=O)C(=O)N2)C(=O)NCC(N)=O)C(=O)NCC(N)=O)NC(=O)[C@H](CC(N)=O)NC(=O)[C@H](CCC(N)=O)NC1=O. The number of primary amides is 6. The summed E-state index contributed by atoms with van der Waals surface area (Å²) in [5.74, 6) is -22.1. The number of nitrogens with one attached hydrogen (secondary N) is 16. The molecule has 30 N–H and O–H groups in total. The van der Waals surface area contributed by atoms with Crippen LogP contribution >= 0.6 is 43.2 Å². The first-order valence-electron chi connectivity index (χ1n) is 49.4. The normalized spacial score (nSPS) is 22.4. The van der Waals surface area contributed by atoms with E-state index in [4.69, 9.17) is 34.4 Å². The van der Waals surface area contributed by atoms with Gasteiger partial charge >= 0.3 is 0 Å². The van der Waals surface area contributed by atoms with Gasteiger partial charge in [0.1, 0.15) is 96.1 Å². The summed E-state index contributed by atoms with van der Waals surface area (Å²) in [6.45, 7) is 5.71. The van der Waals surface area contributed by atoms with Gasteiger partial charge in [-0.2, -0.15) is 0 Å². The summed E-state index contributed by atoms with van der Waals surface area (Å²) >= 11 is 0. The third kappa shape index (κ3) is 44.4. The molecule has 818 valence electrons. The number of aromatic hydroxyl groups is 2. The number of hydrogen-bond acceptors (Lipinski definition) is 30. The smallest absolute Gasteiger partial charge is 0.246 e. The quantitative estimate of drug-likeness (QED) is 0.0217. The minimum Gasteiger partial charge on any atom is -0.508 e. The molecule has 0 saturated carbocycles. The van der Waals surface area contributed by atoms with Crippen LogP contribution in [0.1, 0.15) is 206 Å². The lowest BCUT2D eigenvalue weighted by Crippen LogP contribution is -2.61. The van der Waals surface area contributed by atoms with Crippen molar-refractivity contribution in [3.63, 3.8) is 0 Å². The van der Waals surface area contributed by atoms with E-state index in [9.17, 15) is 125 Å². The summed E-state index contributed by atoms with van der Waals surface area (Å²) in [7, 11) is 4.23. The van der Waals surface area contributed by atoms with Gasteiger partial charge in [0.2, 0.25) is 142 Å². The van der Waals surface area contributed by atoms with Crippen molar-refractivity contribution in [1.29, 1.82) is 0 Å². The average Bonchev–Trinajstić information content (AvgIpc) is 1.70. The highest BCUT2D eigenvalue weighted by Gasteiger charge is 2.45. The maximum atomic E-state index is 14.9. The molecule has 0 unspecified atom stereocenters. The van der Waals surface area contributed by atoms with Gasteiger partial charge in [-0.25, -0.2) is 0 Å². The zero-order chi connectivity index (χ0) is 109. The second-order valence-corrected chi connectivity index (χ2v) is 41.9. The third-order valence-corrected chi connectivity index (χ3v) is 29.7. The number of phenols is 2. The fourth-order valence-corrected chi connectivity index (χ4v) is 20.6. The molecule has 2 aromatic rings. The van der Waals surface area contributed by atoms with Crippen LogP contribution in [-0.4, -0.2) is 309 Å². The molecule has 50 nitrogen and oxygen atoms in total. The molecule has 0 aliphatic carbocycles. The molecule has 16 atom stereocenters. The highest BCUT2D eigenvalue weighted by molar-refractivity contribution is 8.77. The van der Waals surface area contributed by atoms with E-state index in [0.717, 1.165) is 43.2 Å². The number of hydrogen-bond donors (Lipinski definition) is 24. The van der Waals surface area contributed by atoms with E-state index in [2.05, 4.69) is 85.1 Å². The van der Waals surface area contributed by atoms with Crippen LogP contribution in [0.5, 0.6) is 11.5 Å². The molecule has 4 saturated heterocycles. The maximum Gasteiger partial charge on any atom is 0.246 e. The molecule has 6 rings (SSSR count). The van der Waals surface area contributed by atoms with Crippen LogP contribution in [-0.2, 0) is 128 Å². The van der Waals surface area contributed by atoms with Crippen LogP contribution in [0.3, 0.4) is 0 Å². The number of benzene rings is 2. The second-order valence-electron chi connectivity index (χ2n) is 36.6. The molecule has 2 aromatic carbocycles. The summed E-state index contributed by atoms with van der Waals surface area (Å²) in [6, 6.07) is -8.83. The third-order valence-electron chi connectivity index (χ3n) is 24.9. The van der Waals surface area contributed by atoms with Gasteiger partial charge in [-0.05, 0) is 137 Å². The highest BCUT2D eigenvalue weighted by atomic mass is 33.1. The van der Waals surface area contributed by atoms with Crippen LogP contribution in [0, 0.1) is 11.8 Å². The summed E-state index contributed by atoms with van der Waals surface area (Å²) < 4.78 is 0. The van der Waals surface area contributed by atoms with Crippen molar-refractivity contribution in [2.75, 3.05) is 62.3 Å². The fourth-order valence-electron chi connectivity index (χ4n) is 16.3. The van der Waals surface area contributed by atoms with Gasteiger partial charge in [-0.15, -0.1) is 0 Å². The number of phenolic OH excluding ortho intramolecular Hbond substituents is 2. The average molecular weight is 2150 g/mol. The standard InChI is InChI=1S/C94H142N24O26S4/c1-5-51(3)79-91(141)109-59(31-33-69(95)121)83(133)111-63(45-71(97)123)85(135)113-65(49-147-145-41-35-77(129)105-61(87(137)115-79)43-53-23-27-55(119)28-24-53)93(143)117-39-15-19-67(117)89(139)107-57(81(131)103-47-73(99)125)17-11-13-37-101-75(127)21-9-7-8-10-22-76(128)102-38-14-12-18-58(82(132)104-48-74(100)126)108-90(140)68-20-16-40-118(68)94(144)66-50-148-146-42-36-78(130)106-62(44-54-25-29-56(120)30-26-54)88(138)116-80(52(4)6-2)92(142)110-60(32-34-70(96)122)84(134)112-64(46-72(98)124)86(136)114-66/h23-30,51-52,57-68,79-80,119-120H,5-22,31-50H2,1-4H3,(H2,95,121)(H2,96,122)(H2,97,123)(H2,98,124)(H2,99,125)(H2,100,126)(H,101,127)(H,102,128)(H,103,131)(H,104,132)(H,105,129)(H,106,130)(H,107,139)(H,108,140)(H,109,141)(H,110,142)(H,111,133)(H,112,134)(H,113,135)(H,114,136)(H,115,137)(H,116,138)/t51-,52-,57-,58-,59-,60-,61-,62-,63-,64-,65-,66-,67-,68-,79-,80-/m0/s1. The fraction of sp³-hybridized carbons (Fsp3) is 0.617. The molecule has 4 heterocycles. The Morgan fingerprint density at radius 3 is 1.07 bits per heavy atom. The van der Waals surface area contributed by atoms with Crippen LogP contribution in [0.15, 0.2) is 48.5 Å². The van der Waals surface area contributed by atoms with Crippen LogP contribution < -0.4 is 119 Å². The number of unbranched alkanes of at least 4 members (excludes halogenated alkanes) is 5. The highest BCUT2D eigenvalue weighted by Crippen LogP contribution is 2.30. The molecule has 0 radical (unpaired) electrons. The van der Waals surface area contributed by atoms with Crippen LogP contribution in [0.25, 0.3) is 0 Å². The monoisotopic (exact) mass is 2150 g/mol. The molecule has 0 bridgehead atoms. The van der Waals surface area contributed by atoms with Gasteiger partial charge in [0.15, 0.2) is 0 Å². The maximum absolute atomic E-state index is 14.9. The number of rotatable bonds is 47. The number of likely N-dealkylation sites (tertiary alicyclic amines) is 2. The number of nitrogens with zero attached hydrogens (tertiary/aromatic N) is 2. The Bertz CT molecular complexity index is 4680. The summed E-state index contributed by atoms with van der Waals surface area (Å²) in [5, 5.41) is 61.5. The summed E-state index contributed by atoms with van der Waals surface area (Å²) in [5.41, 5.74) is 33.9. The number of carbonyl (C=O) groups is 24. The lowest BCUT2D eigenvalue weighted by molar-refractivity contribution is -0.142. The Balaban J connectivity index is 1.01. The van der Waals surface area contributed by atoms with Gasteiger partial charge in [0, 0.05) is 101 Å². The number of carbonyl (C=O) groups excluding carboxylic acids is 24. The van der Waals surface area contributed by atoms with Crippen molar-refractivity contribution in [2.24, 2.45) is 46.2 Å². The lowest BCUT2D eigenvalue weighted by atomic mass is 9.96. The van der Waals surface area contributed by atoms with E-state index in [-0.39, 0.29) is 162 Å². The number of nitrogens with two attached hydrogens (primary N) is 6. The van der Waals surface area contributed by atoms with Crippen molar-refractivity contribution in [2.45, 2.75) is 292 Å². The van der Waals surface area contributed by atoms with Crippen molar-refractivity contribution in [1.82, 2.24) is 94.9 Å². The molecular formula is C94H142N24O26S4. The first kappa shape index (κ1) is 123. The van der Waals surface area contributed by atoms with Gasteiger partial charge < -0.3 is 139 Å². The van der Waals surface area contributed by atoms with Crippen molar-refractivity contribution in [3.05, 3.63) is 59.7 Å². The van der Waals surface area contributed by atoms with Crippen LogP contribution in [0.2, 0.25) is 0 Å². The molecule has 4 fully saturated rings. The molecule has 148 heavy (non-hydrogen) atoms. The molecule has 4 aliphatic rings. The van der Waals surface area contributed by atoms with Crippen molar-refractivity contribution >= 4 is 185 Å². The van der Waals surface area contributed by atoms with Gasteiger partial charge in [-0.3, -0.25) is 115 Å². The van der Waals surface area contributed by atoms with Gasteiger partial charge in [0.05, 0.1) is 25.9 Å². The van der Waals surface area contributed by atoms with Gasteiger partial charge in [0.25, 0.3) is 0 Å². The molecule has 0 aromatic heterocycles. The largest absolute Gasteiger partial charge is 0.508 e. The molecular weight excluding hydrogens is 2010 g/mol. The zero-order valence-electron chi connectivity index (χ0n) is 83.4. The minimum absolute atomic E-state index is 0.0417. The van der Waals surface area contributed by atoms with E-state index in [1.54, 1.807) is 27.7 Å². The van der Waals surface area contributed by atoms with Gasteiger partial charge in [-0.1, -0.05) is 121 Å². The first-order chi connectivity index (χ1) is 70.3. The van der Waals surface area contributed by atoms with E-state index < -0.39 is 278 Å². The Morgan fingerprint density at radius 2 is 0.730 bits per heavy atom. The Labute approximate surface area is 872 Å². The van der Waals surface area contributed by atoms with E-state index in [1.165, 1.54) is 58.3 Å². The van der Waals surface area contributed by atoms with E-state index in [0.29, 0.717) is 62.5 Å². The lowest BCUT2D eigenvalue weighted by Gasteiger charge is -2.31. The molecule has 24 amide bonds. The second kappa shape index (κ2) is 64.8. The molecule has 4 aliphatic heterocycles. The minimum atomic E-state index is -1.83. The zero-order valence-corrected chi connectivity index (χ0v) is 86.7. The van der Waals surface area contributed by atoms with Crippen LogP contribution in [0.4, 0.5) is 0 Å². The Hall–Kier alpha value is -13.3. The number of amides is 24. The first-order valence-corrected chi connectivity index (χ1v) is 54.4. The molecule has 54 heteroatoms. The van der Waals surface area contributed by atoms with Crippen molar-refractivity contribution < 1.29 is 125 Å². The summed E-state index contributed by atoms with van der Waals surface area (Å²) in [4.78, 5) is 330. The summed E-state index contributed by atoms with van der Waals surface area (Å²) in [6.07, 6.45) is 0.280. The molecule has 0 spiro atoms. The van der Waals surface area contributed by atoms with E-state index >= 15 is 0 Å². The predicted octanol–water partition coefficient (Wildman–Crippen LogP) is -5.26. The van der Waals surface area contributed by atoms with Crippen molar-refractivity contribution in [3.8, 4) is 11.5 Å². The van der Waals surface area contributed by atoms with E-state index in [1.807, 2.05) is 0 Å². The Kier molecular flexibility index (Phi) is 54.0. The predicted molar refractivity (Wildman–Crippen MR) is 545 cm³/mol.